The van der Waals surface area contributed by atoms with Gasteiger partial charge in [0.1, 0.15) is 0 Å². The first kappa shape index (κ1) is 13.3. The lowest BCUT2D eigenvalue weighted by Gasteiger charge is -2.10. The second kappa shape index (κ2) is 6.16. The van der Waals surface area contributed by atoms with Gasteiger partial charge in [0.15, 0.2) is 5.78 Å². The van der Waals surface area contributed by atoms with E-state index in [2.05, 4.69) is 0 Å². The van der Waals surface area contributed by atoms with Crippen LogP contribution in [0.2, 0.25) is 0 Å². The summed E-state index contributed by atoms with van der Waals surface area (Å²) < 4.78 is 1.05. The number of allylic oxidation sites excluding steroid dienone is 1. The number of hydrogen-bond donors (Lipinski definition) is 0. The van der Waals surface area contributed by atoms with Gasteiger partial charge in [-0.1, -0.05) is 84.2 Å². The standard InChI is InChI=1S/C17H12OS2/c18-16(14-9-5-2-6-10-14)15(17-19-11-12-20-17)13-7-3-1-4-8-13/h1-12H. The lowest BCUT2D eigenvalue weighted by molar-refractivity contribution is 0.105. The fourth-order valence-electron chi connectivity index (χ4n) is 2.01. The SMILES string of the molecule is O=C(C(=C1SC=CS1)c1ccccc1)c1ccccc1. The van der Waals surface area contributed by atoms with Gasteiger partial charge in [0.25, 0.3) is 0 Å². The minimum absolute atomic E-state index is 0.0792. The Morgan fingerprint density at radius 3 is 1.75 bits per heavy atom. The summed E-state index contributed by atoms with van der Waals surface area (Å²) in [5, 5.41) is 4.03. The van der Waals surface area contributed by atoms with E-state index in [0.717, 1.165) is 20.9 Å². The maximum absolute atomic E-state index is 12.8. The molecule has 20 heavy (non-hydrogen) atoms. The molecule has 0 saturated heterocycles. The van der Waals surface area contributed by atoms with Crippen molar-refractivity contribution in [3.05, 3.63) is 86.8 Å². The summed E-state index contributed by atoms with van der Waals surface area (Å²) in [7, 11) is 0. The highest BCUT2D eigenvalue weighted by molar-refractivity contribution is 8.27. The topological polar surface area (TPSA) is 17.1 Å². The number of carbonyl (C=O) groups is 1. The third-order valence-electron chi connectivity index (χ3n) is 2.94. The van der Waals surface area contributed by atoms with E-state index in [1.54, 1.807) is 23.5 Å². The van der Waals surface area contributed by atoms with E-state index in [0.29, 0.717) is 0 Å². The highest BCUT2D eigenvalue weighted by atomic mass is 32.2. The van der Waals surface area contributed by atoms with Crippen molar-refractivity contribution in [1.82, 2.24) is 0 Å². The molecule has 1 heterocycles. The van der Waals surface area contributed by atoms with Crippen molar-refractivity contribution in [2.75, 3.05) is 0 Å². The molecule has 3 heteroatoms. The molecule has 0 atom stereocenters. The number of thioether (sulfide) groups is 2. The quantitative estimate of drug-likeness (QED) is 0.573. The largest absolute Gasteiger partial charge is 0.289 e. The van der Waals surface area contributed by atoms with Crippen molar-refractivity contribution in [1.29, 1.82) is 0 Å². The fourth-order valence-corrected chi connectivity index (χ4v) is 3.91. The Bertz CT molecular complexity index is 663. The minimum Gasteiger partial charge on any atom is -0.289 e. The van der Waals surface area contributed by atoms with Crippen LogP contribution in [-0.4, -0.2) is 5.78 Å². The van der Waals surface area contributed by atoms with Crippen molar-refractivity contribution in [2.45, 2.75) is 0 Å². The minimum atomic E-state index is 0.0792. The molecule has 0 amide bonds. The summed E-state index contributed by atoms with van der Waals surface area (Å²) >= 11 is 3.22. The third kappa shape index (κ3) is 2.74. The molecular formula is C17H12OS2. The number of benzene rings is 2. The molecule has 1 aliphatic heterocycles. The van der Waals surface area contributed by atoms with Gasteiger partial charge in [-0.15, -0.1) is 0 Å². The Kier molecular flexibility index (Phi) is 4.09. The molecule has 0 bridgehead atoms. The molecule has 0 radical (unpaired) electrons. The van der Waals surface area contributed by atoms with Gasteiger partial charge < -0.3 is 0 Å². The van der Waals surface area contributed by atoms with Crippen molar-refractivity contribution < 1.29 is 4.79 Å². The molecule has 0 aromatic heterocycles. The normalized spacial score (nSPS) is 13.5. The van der Waals surface area contributed by atoms with E-state index in [4.69, 9.17) is 0 Å². The van der Waals surface area contributed by atoms with Crippen LogP contribution < -0.4 is 0 Å². The average molecular weight is 296 g/mol. The van der Waals surface area contributed by atoms with E-state index >= 15 is 0 Å². The van der Waals surface area contributed by atoms with Crippen LogP contribution in [0.1, 0.15) is 15.9 Å². The number of rotatable bonds is 3. The van der Waals surface area contributed by atoms with Gasteiger partial charge in [-0.25, -0.2) is 0 Å². The molecule has 0 spiro atoms. The molecule has 1 aliphatic rings. The van der Waals surface area contributed by atoms with Gasteiger partial charge in [0.2, 0.25) is 0 Å². The van der Waals surface area contributed by atoms with Crippen molar-refractivity contribution in [3.63, 3.8) is 0 Å². The molecule has 1 nitrogen and oxygen atoms in total. The first-order chi connectivity index (χ1) is 9.86. The number of Topliss-reactive ketones (excluding diaryl/α,β-unsaturated/α-hetero) is 1. The Morgan fingerprint density at radius 2 is 1.20 bits per heavy atom. The maximum atomic E-state index is 12.8. The van der Waals surface area contributed by atoms with Crippen LogP contribution >= 0.6 is 23.5 Å². The Hall–Kier alpha value is -1.71. The lowest BCUT2D eigenvalue weighted by atomic mass is 9.98. The van der Waals surface area contributed by atoms with Crippen LogP contribution in [0.4, 0.5) is 0 Å². The van der Waals surface area contributed by atoms with E-state index in [1.165, 1.54) is 0 Å². The molecule has 0 fully saturated rings. The predicted octanol–water partition coefficient (Wildman–Crippen LogP) is 5.19. The second-order valence-corrected chi connectivity index (χ2v) is 6.32. The summed E-state index contributed by atoms with van der Waals surface area (Å²) in [5.41, 5.74) is 2.49. The molecule has 0 aliphatic carbocycles. The van der Waals surface area contributed by atoms with E-state index in [9.17, 15) is 4.79 Å². The molecular weight excluding hydrogens is 284 g/mol. The van der Waals surface area contributed by atoms with Crippen molar-refractivity contribution >= 4 is 34.9 Å². The monoisotopic (exact) mass is 296 g/mol. The molecule has 98 valence electrons. The highest BCUT2D eigenvalue weighted by Crippen LogP contribution is 2.43. The van der Waals surface area contributed by atoms with Gasteiger partial charge in [0, 0.05) is 5.56 Å². The number of hydrogen-bond acceptors (Lipinski definition) is 3. The van der Waals surface area contributed by atoms with Crippen LogP contribution in [0.25, 0.3) is 5.57 Å². The van der Waals surface area contributed by atoms with Gasteiger partial charge in [-0.3, -0.25) is 4.79 Å². The first-order valence-electron chi connectivity index (χ1n) is 6.24. The van der Waals surface area contributed by atoms with Gasteiger partial charge in [-0.05, 0) is 16.4 Å². The molecule has 3 rings (SSSR count). The zero-order chi connectivity index (χ0) is 13.8. The predicted molar refractivity (Wildman–Crippen MR) is 88.5 cm³/mol. The summed E-state index contributed by atoms with van der Waals surface area (Å²) in [6.45, 7) is 0. The highest BCUT2D eigenvalue weighted by Gasteiger charge is 2.20. The molecule has 0 unspecified atom stereocenters. The summed E-state index contributed by atoms with van der Waals surface area (Å²) in [6.07, 6.45) is 0. The van der Waals surface area contributed by atoms with E-state index in [1.807, 2.05) is 71.5 Å². The van der Waals surface area contributed by atoms with Gasteiger partial charge >= 0.3 is 0 Å². The Balaban J connectivity index is 2.08. The first-order valence-corrected chi connectivity index (χ1v) is 8.00. The van der Waals surface area contributed by atoms with Crippen LogP contribution in [0, 0.1) is 0 Å². The zero-order valence-electron chi connectivity index (χ0n) is 10.7. The number of carbonyl (C=O) groups excluding carboxylic acids is 1. The van der Waals surface area contributed by atoms with Gasteiger partial charge in [-0.2, -0.15) is 0 Å². The molecule has 0 saturated carbocycles. The van der Waals surface area contributed by atoms with E-state index < -0.39 is 0 Å². The van der Waals surface area contributed by atoms with Crippen molar-refractivity contribution in [2.24, 2.45) is 0 Å². The van der Waals surface area contributed by atoms with Crippen molar-refractivity contribution in [3.8, 4) is 0 Å². The molecule has 0 N–H and O–H groups in total. The summed E-state index contributed by atoms with van der Waals surface area (Å²) in [6, 6.07) is 19.3. The molecule has 2 aromatic carbocycles. The van der Waals surface area contributed by atoms with Crippen LogP contribution in [0.15, 0.2) is 75.7 Å². The van der Waals surface area contributed by atoms with E-state index in [-0.39, 0.29) is 5.78 Å². The van der Waals surface area contributed by atoms with Crippen LogP contribution in [0.3, 0.4) is 0 Å². The fraction of sp³-hybridized carbons (Fsp3) is 0. The third-order valence-corrected chi connectivity index (χ3v) is 5.07. The smallest absolute Gasteiger partial charge is 0.195 e. The zero-order valence-corrected chi connectivity index (χ0v) is 12.3. The second-order valence-electron chi connectivity index (χ2n) is 4.23. The Morgan fingerprint density at radius 1 is 0.700 bits per heavy atom. The summed E-state index contributed by atoms with van der Waals surface area (Å²) in [4.78, 5) is 12.8. The van der Waals surface area contributed by atoms with Crippen LogP contribution in [0.5, 0.6) is 0 Å². The number of ketones is 1. The van der Waals surface area contributed by atoms with Gasteiger partial charge in [0.05, 0.1) is 9.81 Å². The Labute approximate surface area is 126 Å². The van der Waals surface area contributed by atoms with Crippen LogP contribution in [-0.2, 0) is 0 Å². The summed E-state index contributed by atoms with van der Waals surface area (Å²) in [5.74, 6) is 0.0792. The molecule has 2 aromatic rings. The maximum Gasteiger partial charge on any atom is 0.195 e. The lowest BCUT2D eigenvalue weighted by Crippen LogP contribution is -2.03. The average Bonchev–Trinajstić information content (AvgIpc) is 3.03.